The molecule has 0 saturated carbocycles. The summed E-state index contributed by atoms with van der Waals surface area (Å²) in [6, 6.07) is 16.8. The van der Waals surface area contributed by atoms with Gasteiger partial charge in [-0.05, 0) is 42.0 Å². The van der Waals surface area contributed by atoms with Gasteiger partial charge in [0.15, 0.2) is 0 Å². The van der Waals surface area contributed by atoms with Gasteiger partial charge in [-0.3, -0.25) is 4.79 Å². The minimum atomic E-state index is 0.208. The molecule has 130 valence electrons. The largest absolute Gasteiger partial charge is 0.361 e. The van der Waals surface area contributed by atoms with Crippen molar-refractivity contribution in [3.05, 3.63) is 71.4 Å². The number of carbonyl (C=O) groups excluding carboxylic acids is 1. The van der Waals surface area contributed by atoms with Crippen molar-refractivity contribution in [2.24, 2.45) is 0 Å². The number of fused-ring (bicyclic) bond motifs is 1. The Labute approximate surface area is 149 Å². The van der Waals surface area contributed by atoms with Crippen molar-refractivity contribution in [1.29, 1.82) is 0 Å². The lowest BCUT2D eigenvalue weighted by atomic mass is 10.1. The van der Waals surface area contributed by atoms with Gasteiger partial charge < -0.3 is 9.88 Å². The van der Waals surface area contributed by atoms with Gasteiger partial charge in [-0.15, -0.1) is 0 Å². The Morgan fingerprint density at radius 3 is 2.52 bits per heavy atom. The number of rotatable bonds is 7. The first kappa shape index (κ1) is 17.3. The van der Waals surface area contributed by atoms with Crippen LogP contribution in [0.5, 0.6) is 0 Å². The van der Waals surface area contributed by atoms with E-state index in [4.69, 9.17) is 0 Å². The van der Waals surface area contributed by atoms with E-state index < -0.39 is 0 Å². The molecule has 0 aliphatic rings. The van der Waals surface area contributed by atoms with Crippen LogP contribution in [0.2, 0.25) is 0 Å². The fourth-order valence-electron chi connectivity index (χ4n) is 3.20. The molecule has 0 fully saturated rings. The number of nitrogens with one attached hydrogen (secondary N) is 1. The first-order valence-electron chi connectivity index (χ1n) is 9.04. The van der Waals surface area contributed by atoms with Gasteiger partial charge in [0, 0.05) is 37.1 Å². The molecule has 1 heterocycles. The number of carbonyl (C=O) groups is 1. The molecule has 1 N–H and O–H groups in total. The highest BCUT2D eigenvalue weighted by atomic mass is 16.2. The molecule has 0 aliphatic carbocycles. The van der Waals surface area contributed by atoms with E-state index in [1.54, 1.807) is 0 Å². The summed E-state index contributed by atoms with van der Waals surface area (Å²) in [6.07, 6.45) is 5.49. The molecule has 0 spiro atoms. The van der Waals surface area contributed by atoms with Crippen LogP contribution in [0, 0.1) is 0 Å². The standard InChI is InChI=1S/C22H26N2O/c1-3-17-11-13-18(14-12-17)16-24(2)22(25)10-6-7-19-15-23-21-9-5-4-8-20(19)21/h4-5,8-9,11-15,23H,3,6-7,10,16H2,1-2H3. The highest BCUT2D eigenvalue weighted by Gasteiger charge is 2.10. The number of amides is 1. The zero-order chi connectivity index (χ0) is 17.6. The maximum atomic E-state index is 12.4. The molecule has 2 aromatic carbocycles. The lowest BCUT2D eigenvalue weighted by molar-refractivity contribution is -0.130. The zero-order valence-corrected chi connectivity index (χ0v) is 15.1. The second-order valence-electron chi connectivity index (χ2n) is 6.63. The third-order valence-electron chi connectivity index (χ3n) is 4.79. The Kier molecular flexibility index (Phi) is 5.54. The lowest BCUT2D eigenvalue weighted by Crippen LogP contribution is -2.25. The van der Waals surface area contributed by atoms with Crippen molar-refractivity contribution >= 4 is 16.8 Å². The summed E-state index contributed by atoms with van der Waals surface area (Å²) in [5.74, 6) is 0.208. The highest BCUT2D eigenvalue weighted by molar-refractivity contribution is 5.83. The van der Waals surface area contributed by atoms with Gasteiger partial charge in [0.2, 0.25) is 5.91 Å². The average Bonchev–Trinajstić information content (AvgIpc) is 3.05. The van der Waals surface area contributed by atoms with Gasteiger partial charge in [0.25, 0.3) is 0 Å². The molecule has 0 saturated heterocycles. The van der Waals surface area contributed by atoms with E-state index >= 15 is 0 Å². The van der Waals surface area contributed by atoms with Gasteiger partial charge in [-0.2, -0.15) is 0 Å². The number of aromatic nitrogens is 1. The summed E-state index contributed by atoms with van der Waals surface area (Å²) >= 11 is 0. The van der Waals surface area contributed by atoms with Crippen LogP contribution in [0.15, 0.2) is 54.7 Å². The van der Waals surface area contributed by atoms with Crippen molar-refractivity contribution in [3.63, 3.8) is 0 Å². The maximum absolute atomic E-state index is 12.4. The minimum Gasteiger partial charge on any atom is -0.361 e. The van der Waals surface area contributed by atoms with Crippen LogP contribution in [-0.2, 0) is 24.2 Å². The summed E-state index contributed by atoms with van der Waals surface area (Å²) in [5, 5.41) is 1.26. The van der Waals surface area contributed by atoms with Crippen LogP contribution in [-0.4, -0.2) is 22.8 Å². The monoisotopic (exact) mass is 334 g/mol. The predicted octanol–water partition coefficient (Wildman–Crippen LogP) is 4.71. The van der Waals surface area contributed by atoms with Crippen LogP contribution in [0.25, 0.3) is 10.9 Å². The minimum absolute atomic E-state index is 0.208. The first-order chi connectivity index (χ1) is 12.2. The zero-order valence-electron chi connectivity index (χ0n) is 15.1. The Morgan fingerprint density at radius 2 is 1.76 bits per heavy atom. The molecule has 25 heavy (non-hydrogen) atoms. The number of aryl methyl sites for hydroxylation is 2. The molecule has 1 amide bonds. The Morgan fingerprint density at radius 1 is 1.04 bits per heavy atom. The predicted molar refractivity (Wildman–Crippen MR) is 104 cm³/mol. The fourth-order valence-corrected chi connectivity index (χ4v) is 3.20. The molecule has 3 heteroatoms. The summed E-state index contributed by atoms with van der Waals surface area (Å²) in [5.41, 5.74) is 4.97. The van der Waals surface area contributed by atoms with Crippen LogP contribution in [0.1, 0.15) is 36.5 Å². The lowest BCUT2D eigenvalue weighted by Gasteiger charge is -2.17. The van der Waals surface area contributed by atoms with Crippen LogP contribution < -0.4 is 0 Å². The third-order valence-corrected chi connectivity index (χ3v) is 4.79. The van der Waals surface area contributed by atoms with Crippen molar-refractivity contribution in [2.75, 3.05) is 7.05 Å². The van der Waals surface area contributed by atoms with Crippen molar-refractivity contribution in [2.45, 2.75) is 39.2 Å². The number of nitrogens with zero attached hydrogens (tertiary/aromatic N) is 1. The average molecular weight is 334 g/mol. The molecular formula is C22H26N2O. The van der Waals surface area contributed by atoms with Gasteiger partial charge >= 0.3 is 0 Å². The van der Waals surface area contributed by atoms with E-state index in [1.165, 1.54) is 22.1 Å². The van der Waals surface area contributed by atoms with Gasteiger partial charge in [0.05, 0.1) is 0 Å². The smallest absolute Gasteiger partial charge is 0.222 e. The third kappa shape index (κ3) is 4.30. The van der Waals surface area contributed by atoms with Gasteiger partial charge in [-0.25, -0.2) is 0 Å². The summed E-state index contributed by atoms with van der Waals surface area (Å²) in [6.45, 7) is 2.83. The SMILES string of the molecule is CCc1ccc(CN(C)C(=O)CCCc2c[nH]c3ccccc23)cc1. The van der Waals surface area contributed by atoms with E-state index in [0.717, 1.165) is 24.8 Å². The van der Waals surface area contributed by atoms with E-state index in [1.807, 2.05) is 18.0 Å². The molecule has 3 aromatic rings. The maximum Gasteiger partial charge on any atom is 0.222 e. The second kappa shape index (κ2) is 8.02. The molecule has 0 atom stereocenters. The Hall–Kier alpha value is -2.55. The number of aromatic amines is 1. The van der Waals surface area contributed by atoms with Gasteiger partial charge in [-0.1, -0.05) is 49.4 Å². The summed E-state index contributed by atoms with van der Waals surface area (Å²) in [4.78, 5) is 17.5. The Balaban J connectivity index is 1.49. The van der Waals surface area contributed by atoms with E-state index in [9.17, 15) is 4.79 Å². The van der Waals surface area contributed by atoms with Crippen LogP contribution >= 0.6 is 0 Å². The normalized spacial score (nSPS) is 11.0. The molecule has 1 aromatic heterocycles. The second-order valence-corrected chi connectivity index (χ2v) is 6.63. The molecular weight excluding hydrogens is 308 g/mol. The quantitative estimate of drug-likeness (QED) is 0.667. The number of para-hydroxylation sites is 1. The van der Waals surface area contributed by atoms with Crippen molar-refractivity contribution in [1.82, 2.24) is 9.88 Å². The first-order valence-corrected chi connectivity index (χ1v) is 9.04. The Bertz CT molecular complexity index is 833. The molecule has 0 aliphatic heterocycles. The van der Waals surface area contributed by atoms with Crippen molar-refractivity contribution < 1.29 is 4.79 Å². The van der Waals surface area contributed by atoms with Crippen LogP contribution in [0.4, 0.5) is 0 Å². The topological polar surface area (TPSA) is 36.1 Å². The summed E-state index contributed by atoms with van der Waals surface area (Å²) in [7, 11) is 1.89. The molecule has 0 unspecified atom stereocenters. The fraction of sp³-hybridized carbons (Fsp3) is 0.318. The van der Waals surface area contributed by atoms with E-state index in [2.05, 4.69) is 60.6 Å². The molecule has 0 bridgehead atoms. The number of hydrogen-bond donors (Lipinski definition) is 1. The van der Waals surface area contributed by atoms with E-state index in [-0.39, 0.29) is 5.91 Å². The molecule has 3 nitrogen and oxygen atoms in total. The number of H-pyrrole nitrogens is 1. The number of benzene rings is 2. The molecule has 3 rings (SSSR count). The number of hydrogen-bond acceptors (Lipinski definition) is 1. The van der Waals surface area contributed by atoms with E-state index in [0.29, 0.717) is 13.0 Å². The van der Waals surface area contributed by atoms with Gasteiger partial charge in [0.1, 0.15) is 0 Å². The highest BCUT2D eigenvalue weighted by Crippen LogP contribution is 2.19. The van der Waals surface area contributed by atoms with Crippen molar-refractivity contribution in [3.8, 4) is 0 Å². The van der Waals surface area contributed by atoms with Crippen LogP contribution in [0.3, 0.4) is 0 Å². The summed E-state index contributed by atoms with van der Waals surface area (Å²) < 4.78 is 0. The molecule has 0 radical (unpaired) electrons.